The molecule has 0 amide bonds. The van der Waals surface area contributed by atoms with Gasteiger partial charge in [-0.25, -0.2) is 0 Å². The lowest BCUT2D eigenvalue weighted by atomic mass is 10.2. The second-order valence-electron chi connectivity index (χ2n) is 1.87. The van der Waals surface area contributed by atoms with Crippen LogP contribution in [0.15, 0.2) is 18.2 Å². The van der Waals surface area contributed by atoms with E-state index < -0.39 is 0 Å². The predicted octanol–water partition coefficient (Wildman–Crippen LogP) is 3.45. The molecule has 0 heterocycles. The fourth-order valence-electron chi connectivity index (χ4n) is 0.612. The van der Waals surface area contributed by atoms with E-state index in [0.29, 0.717) is 10.0 Å². The van der Waals surface area contributed by atoms with Crippen LogP contribution >= 0.6 is 23.2 Å². The van der Waals surface area contributed by atoms with Crippen LogP contribution < -0.4 is 0 Å². The van der Waals surface area contributed by atoms with Crippen molar-refractivity contribution in [2.75, 3.05) is 0 Å². The lowest BCUT2D eigenvalue weighted by molar-refractivity contribution is 1.11. The first-order valence-corrected chi connectivity index (χ1v) is 3.38. The molecule has 0 bridgehead atoms. The molecule has 0 unspecified atom stereocenters. The zero-order chi connectivity index (χ0) is 6.85. The Labute approximate surface area is 69.1 Å². The molecule has 1 rings (SSSR count). The van der Waals surface area contributed by atoms with Crippen molar-refractivity contribution in [1.29, 1.82) is 0 Å². The maximum atomic E-state index is 5.75. The summed E-state index contributed by atoms with van der Waals surface area (Å²) in [7, 11) is 0. The van der Waals surface area contributed by atoms with Gasteiger partial charge in [0.25, 0.3) is 0 Å². The van der Waals surface area contributed by atoms with Crippen LogP contribution in [0.1, 0.15) is 5.56 Å². The molecule has 0 aliphatic carbocycles. The third-order valence-corrected chi connectivity index (χ3v) is 2.06. The SMILES string of the molecule is Cc1cccc(Cl)c1Cl.F. The molecule has 0 spiro atoms. The lowest BCUT2D eigenvalue weighted by Gasteiger charge is -1.96. The topological polar surface area (TPSA) is 0 Å². The molecule has 0 atom stereocenters. The standard InChI is InChI=1S/C7H6Cl2.FH/c1-5-3-2-4-6(8)7(5)9;/h2-4H,1H3;1H. The smallest absolute Gasteiger partial charge is 0.0621 e. The Bertz CT molecular complexity index is 203. The van der Waals surface area contributed by atoms with Crippen molar-refractivity contribution in [3.05, 3.63) is 33.8 Å². The highest BCUT2D eigenvalue weighted by atomic mass is 35.5. The summed E-state index contributed by atoms with van der Waals surface area (Å²) >= 11 is 11.4. The highest BCUT2D eigenvalue weighted by Crippen LogP contribution is 2.24. The number of rotatable bonds is 0. The molecule has 0 aliphatic rings. The van der Waals surface area contributed by atoms with Gasteiger partial charge >= 0.3 is 0 Å². The molecule has 0 saturated heterocycles. The van der Waals surface area contributed by atoms with Crippen molar-refractivity contribution in [3.8, 4) is 0 Å². The minimum atomic E-state index is 0. The quantitative estimate of drug-likeness (QED) is 0.574. The third-order valence-electron chi connectivity index (χ3n) is 1.14. The fourth-order valence-corrected chi connectivity index (χ4v) is 0.959. The van der Waals surface area contributed by atoms with E-state index >= 15 is 0 Å². The van der Waals surface area contributed by atoms with E-state index in [-0.39, 0.29) is 4.70 Å². The van der Waals surface area contributed by atoms with E-state index in [1.54, 1.807) is 6.07 Å². The molecule has 0 aliphatic heterocycles. The van der Waals surface area contributed by atoms with Crippen molar-refractivity contribution in [1.82, 2.24) is 0 Å². The predicted molar refractivity (Wildman–Crippen MR) is 43.7 cm³/mol. The summed E-state index contributed by atoms with van der Waals surface area (Å²) in [6, 6.07) is 5.58. The molecule has 0 radical (unpaired) electrons. The largest absolute Gasteiger partial charge is 0.269 e. The van der Waals surface area contributed by atoms with Crippen molar-refractivity contribution < 1.29 is 4.70 Å². The molecule has 1 aromatic carbocycles. The van der Waals surface area contributed by atoms with E-state index in [2.05, 4.69) is 0 Å². The average molecular weight is 181 g/mol. The first kappa shape index (κ1) is 9.73. The second-order valence-corrected chi connectivity index (χ2v) is 2.66. The van der Waals surface area contributed by atoms with Gasteiger partial charge in [-0.3, -0.25) is 4.70 Å². The molecule has 0 fully saturated rings. The van der Waals surface area contributed by atoms with Crippen LogP contribution in [-0.2, 0) is 0 Å². The first-order chi connectivity index (χ1) is 4.22. The van der Waals surface area contributed by atoms with Crippen LogP contribution in [0.3, 0.4) is 0 Å². The zero-order valence-corrected chi connectivity index (χ0v) is 6.91. The monoisotopic (exact) mass is 180 g/mol. The molecule has 56 valence electrons. The summed E-state index contributed by atoms with van der Waals surface area (Å²) in [5.41, 5.74) is 1.02. The number of halogens is 3. The van der Waals surface area contributed by atoms with Gasteiger partial charge in [-0.15, -0.1) is 0 Å². The van der Waals surface area contributed by atoms with Gasteiger partial charge in [0, 0.05) is 0 Å². The Morgan fingerprint density at radius 1 is 1.20 bits per heavy atom. The maximum Gasteiger partial charge on any atom is 0.0621 e. The van der Waals surface area contributed by atoms with Crippen molar-refractivity contribution in [2.24, 2.45) is 0 Å². The molecule has 0 nitrogen and oxygen atoms in total. The number of hydrogen-bond donors (Lipinski definition) is 0. The van der Waals surface area contributed by atoms with E-state index in [9.17, 15) is 0 Å². The minimum Gasteiger partial charge on any atom is -0.269 e. The van der Waals surface area contributed by atoms with Gasteiger partial charge in [0.2, 0.25) is 0 Å². The van der Waals surface area contributed by atoms with Gasteiger partial charge in [0.1, 0.15) is 0 Å². The van der Waals surface area contributed by atoms with Crippen molar-refractivity contribution in [2.45, 2.75) is 6.92 Å². The summed E-state index contributed by atoms with van der Waals surface area (Å²) in [6.45, 7) is 1.92. The van der Waals surface area contributed by atoms with E-state index in [1.165, 1.54) is 0 Å². The molecular formula is C7H7Cl2F. The Kier molecular flexibility index (Phi) is 3.69. The molecule has 10 heavy (non-hydrogen) atoms. The molecular weight excluding hydrogens is 174 g/mol. The Morgan fingerprint density at radius 3 is 2.20 bits per heavy atom. The van der Waals surface area contributed by atoms with Crippen LogP contribution in [0.5, 0.6) is 0 Å². The first-order valence-electron chi connectivity index (χ1n) is 2.62. The third kappa shape index (κ3) is 1.86. The highest BCUT2D eigenvalue weighted by Gasteiger charge is 1.96. The van der Waals surface area contributed by atoms with Crippen LogP contribution in [0.25, 0.3) is 0 Å². The minimum absolute atomic E-state index is 0. The van der Waals surface area contributed by atoms with Crippen molar-refractivity contribution >= 4 is 23.2 Å². The van der Waals surface area contributed by atoms with Crippen LogP contribution in [0.4, 0.5) is 4.70 Å². The Morgan fingerprint density at radius 2 is 1.80 bits per heavy atom. The molecule has 0 N–H and O–H groups in total. The zero-order valence-electron chi connectivity index (χ0n) is 5.40. The number of aryl methyl sites for hydroxylation is 1. The number of benzene rings is 1. The van der Waals surface area contributed by atoms with Crippen LogP contribution in [0, 0.1) is 6.92 Å². The fraction of sp³-hybridized carbons (Fsp3) is 0.143. The molecule has 1 aromatic rings. The average Bonchev–Trinajstić information content (AvgIpc) is 1.83. The Balaban J connectivity index is 0.000000810. The summed E-state index contributed by atoms with van der Waals surface area (Å²) < 4.78 is 0. The Hall–Kier alpha value is -0.270. The molecule has 0 aromatic heterocycles. The summed E-state index contributed by atoms with van der Waals surface area (Å²) in [5.74, 6) is 0. The van der Waals surface area contributed by atoms with Crippen LogP contribution in [-0.4, -0.2) is 0 Å². The molecule has 0 saturated carbocycles. The maximum absolute atomic E-state index is 5.75. The van der Waals surface area contributed by atoms with E-state index in [0.717, 1.165) is 5.56 Å². The normalized spacial score (nSPS) is 8.70. The molecule has 3 heteroatoms. The summed E-state index contributed by atoms with van der Waals surface area (Å²) in [4.78, 5) is 0. The second kappa shape index (κ2) is 3.79. The van der Waals surface area contributed by atoms with Gasteiger partial charge in [0.05, 0.1) is 10.0 Å². The van der Waals surface area contributed by atoms with Crippen LogP contribution in [0.2, 0.25) is 10.0 Å². The van der Waals surface area contributed by atoms with Gasteiger partial charge < -0.3 is 0 Å². The van der Waals surface area contributed by atoms with Gasteiger partial charge in [-0.1, -0.05) is 35.3 Å². The highest BCUT2D eigenvalue weighted by molar-refractivity contribution is 6.42. The van der Waals surface area contributed by atoms with E-state index in [1.807, 2.05) is 19.1 Å². The number of hydrogen-bond acceptors (Lipinski definition) is 0. The van der Waals surface area contributed by atoms with Crippen molar-refractivity contribution in [3.63, 3.8) is 0 Å². The van der Waals surface area contributed by atoms with E-state index in [4.69, 9.17) is 23.2 Å². The summed E-state index contributed by atoms with van der Waals surface area (Å²) in [6.07, 6.45) is 0. The van der Waals surface area contributed by atoms with Gasteiger partial charge in [-0.2, -0.15) is 0 Å². The van der Waals surface area contributed by atoms with Gasteiger partial charge in [0.15, 0.2) is 0 Å². The lowest BCUT2D eigenvalue weighted by Crippen LogP contribution is -1.73. The van der Waals surface area contributed by atoms with Gasteiger partial charge in [-0.05, 0) is 18.6 Å². The summed E-state index contributed by atoms with van der Waals surface area (Å²) in [5, 5.41) is 1.27.